The molecule has 0 heterocycles. The Hall–Kier alpha value is -1.72. The molecule has 0 amide bonds. The molecule has 2 atom stereocenters. The van der Waals surface area contributed by atoms with Gasteiger partial charge in [-0.05, 0) is 24.7 Å². The standard InChI is InChI=1S/C28H50O6/c1-7-9-11-13-15-17-19-23(29)25(21(3)4)27(31)33-34-28(32)26(22(5)6)24(30)20-18-16-14-12-10-8-2/h21-22,25-26H,7-20H2,1-6H3. The van der Waals surface area contributed by atoms with Crippen LogP contribution in [0.1, 0.15) is 131 Å². The monoisotopic (exact) mass is 482 g/mol. The predicted octanol–water partition coefficient (Wildman–Crippen LogP) is 7.17. The van der Waals surface area contributed by atoms with Gasteiger partial charge in [0.1, 0.15) is 23.4 Å². The number of hydrogen-bond donors (Lipinski definition) is 0. The highest BCUT2D eigenvalue weighted by molar-refractivity contribution is 6.01. The van der Waals surface area contributed by atoms with Gasteiger partial charge < -0.3 is 0 Å². The number of rotatable bonds is 20. The van der Waals surface area contributed by atoms with E-state index in [9.17, 15) is 19.2 Å². The zero-order chi connectivity index (χ0) is 25.9. The smallest absolute Gasteiger partial charge is 0.299 e. The number of unbranched alkanes of at least 4 members (excludes halogenated alkanes) is 10. The first-order valence-electron chi connectivity index (χ1n) is 13.6. The largest absolute Gasteiger partial charge is 0.366 e. The maximum absolute atomic E-state index is 12.6. The minimum Gasteiger partial charge on any atom is -0.299 e. The summed E-state index contributed by atoms with van der Waals surface area (Å²) in [6.07, 6.45) is 13.2. The predicted molar refractivity (Wildman–Crippen MR) is 135 cm³/mol. The molecule has 0 radical (unpaired) electrons. The van der Waals surface area contributed by atoms with Crippen LogP contribution in [-0.2, 0) is 29.0 Å². The lowest BCUT2D eigenvalue weighted by Crippen LogP contribution is -2.34. The molecule has 0 saturated heterocycles. The van der Waals surface area contributed by atoms with Crippen molar-refractivity contribution in [3.05, 3.63) is 0 Å². The van der Waals surface area contributed by atoms with Crippen LogP contribution in [0, 0.1) is 23.7 Å². The Morgan fingerprint density at radius 1 is 0.500 bits per heavy atom. The van der Waals surface area contributed by atoms with Gasteiger partial charge in [0.15, 0.2) is 0 Å². The Balaban J connectivity index is 4.67. The molecule has 0 spiro atoms. The summed E-state index contributed by atoms with van der Waals surface area (Å²) in [5.74, 6) is -4.57. The fourth-order valence-corrected chi connectivity index (χ4v) is 4.21. The first kappa shape index (κ1) is 32.3. The van der Waals surface area contributed by atoms with Crippen LogP contribution in [-0.4, -0.2) is 23.5 Å². The molecule has 198 valence electrons. The zero-order valence-corrected chi connectivity index (χ0v) is 22.7. The molecule has 0 rings (SSSR count). The van der Waals surface area contributed by atoms with E-state index >= 15 is 0 Å². The second kappa shape index (κ2) is 19.6. The van der Waals surface area contributed by atoms with Gasteiger partial charge in [-0.1, -0.05) is 106 Å². The summed E-state index contributed by atoms with van der Waals surface area (Å²) in [7, 11) is 0. The quantitative estimate of drug-likeness (QED) is 0.0791. The van der Waals surface area contributed by atoms with Crippen LogP contribution in [0.4, 0.5) is 0 Å². The summed E-state index contributed by atoms with van der Waals surface area (Å²) in [5.41, 5.74) is 0. The Morgan fingerprint density at radius 2 is 0.794 bits per heavy atom. The van der Waals surface area contributed by atoms with Crippen molar-refractivity contribution < 1.29 is 29.0 Å². The average Bonchev–Trinajstić information content (AvgIpc) is 2.76. The summed E-state index contributed by atoms with van der Waals surface area (Å²) in [4.78, 5) is 60.0. The van der Waals surface area contributed by atoms with Gasteiger partial charge in [-0.3, -0.25) is 9.59 Å². The second-order valence-electron chi connectivity index (χ2n) is 10.2. The molecule has 0 bridgehead atoms. The first-order chi connectivity index (χ1) is 16.2. The van der Waals surface area contributed by atoms with Gasteiger partial charge in [-0.2, -0.15) is 0 Å². The molecule has 0 aromatic rings. The van der Waals surface area contributed by atoms with E-state index in [1.165, 1.54) is 25.7 Å². The molecule has 0 aromatic carbocycles. The third-order valence-electron chi connectivity index (χ3n) is 6.29. The topological polar surface area (TPSA) is 86.7 Å². The SMILES string of the molecule is CCCCCCCCC(=O)C(C(=O)OOC(=O)C(C(=O)CCCCCCCC)C(C)C)C(C)C. The number of carbonyl (C=O) groups excluding carboxylic acids is 4. The highest BCUT2D eigenvalue weighted by Gasteiger charge is 2.35. The van der Waals surface area contributed by atoms with Gasteiger partial charge in [0.05, 0.1) is 0 Å². The van der Waals surface area contributed by atoms with Crippen molar-refractivity contribution in [2.24, 2.45) is 23.7 Å². The van der Waals surface area contributed by atoms with Crippen molar-refractivity contribution in [1.29, 1.82) is 0 Å². The molecule has 0 saturated carbocycles. The summed E-state index contributed by atoms with van der Waals surface area (Å²) >= 11 is 0. The Kier molecular flexibility index (Phi) is 18.6. The molecule has 6 heteroatoms. The van der Waals surface area contributed by atoms with Gasteiger partial charge >= 0.3 is 11.9 Å². The minimum atomic E-state index is -0.972. The lowest BCUT2D eigenvalue weighted by Gasteiger charge is -2.19. The lowest BCUT2D eigenvalue weighted by molar-refractivity contribution is -0.265. The summed E-state index contributed by atoms with van der Waals surface area (Å²) in [6.45, 7) is 11.4. The van der Waals surface area contributed by atoms with E-state index in [-0.39, 0.29) is 23.4 Å². The molecule has 2 unspecified atom stereocenters. The lowest BCUT2D eigenvalue weighted by atomic mass is 9.89. The van der Waals surface area contributed by atoms with Crippen molar-refractivity contribution in [2.45, 2.75) is 131 Å². The van der Waals surface area contributed by atoms with E-state index in [0.29, 0.717) is 12.8 Å². The third-order valence-corrected chi connectivity index (χ3v) is 6.29. The first-order valence-corrected chi connectivity index (χ1v) is 13.6. The Bertz CT molecular complexity index is 544. The fraction of sp³-hybridized carbons (Fsp3) is 0.857. The van der Waals surface area contributed by atoms with E-state index in [4.69, 9.17) is 9.78 Å². The van der Waals surface area contributed by atoms with Gasteiger partial charge in [-0.25, -0.2) is 19.4 Å². The molecule has 0 aromatic heterocycles. The van der Waals surface area contributed by atoms with Gasteiger partial charge in [0, 0.05) is 12.8 Å². The Morgan fingerprint density at radius 3 is 1.09 bits per heavy atom. The average molecular weight is 483 g/mol. The van der Waals surface area contributed by atoms with Gasteiger partial charge in [0.2, 0.25) is 0 Å². The maximum Gasteiger partial charge on any atom is 0.366 e. The number of carbonyl (C=O) groups is 4. The van der Waals surface area contributed by atoms with Crippen molar-refractivity contribution in [3.8, 4) is 0 Å². The van der Waals surface area contributed by atoms with Gasteiger partial charge in [0.25, 0.3) is 0 Å². The molecule has 0 N–H and O–H groups in total. The fourth-order valence-electron chi connectivity index (χ4n) is 4.21. The zero-order valence-electron chi connectivity index (χ0n) is 22.7. The summed E-state index contributed by atoms with van der Waals surface area (Å²) < 4.78 is 0. The van der Waals surface area contributed by atoms with Crippen LogP contribution >= 0.6 is 0 Å². The van der Waals surface area contributed by atoms with E-state index in [1.807, 2.05) is 0 Å². The number of Topliss-reactive ketones (excluding diaryl/α,β-unsaturated/α-hetero) is 2. The van der Waals surface area contributed by atoms with Crippen LogP contribution in [0.5, 0.6) is 0 Å². The molecular formula is C28H50O6. The molecule has 34 heavy (non-hydrogen) atoms. The van der Waals surface area contributed by atoms with Crippen LogP contribution < -0.4 is 0 Å². The number of hydrogen-bond acceptors (Lipinski definition) is 6. The third kappa shape index (κ3) is 13.9. The molecule has 0 aliphatic heterocycles. The van der Waals surface area contributed by atoms with Crippen molar-refractivity contribution in [2.75, 3.05) is 0 Å². The summed E-state index contributed by atoms with van der Waals surface area (Å²) in [5, 5.41) is 0. The van der Waals surface area contributed by atoms with E-state index in [0.717, 1.165) is 51.4 Å². The van der Waals surface area contributed by atoms with E-state index in [2.05, 4.69) is 13.8 Å². The van der Waals surface area contributed by atoms with Crippen LogP contribution in [0.2, 0.25) is 0 Å². The maximum atomic E-state index is 12.6. The van der Waals surface area contributed by atoms with Crippen molar-refractivity contribution in [1.82, 2.24) is 0 Å². The normalized spacial score (nSPS) is 13.1. The molecular weight excluding hydrogens is 432 g/mol. The second-order valence-corrected chi connectivity index (χ2v) is 10.2. The van der Waals surface area contributed by atoms with E-state index in [1.54, 1.807) is 27.7 Å². The van der Waals surface area contributed by atoms with E-state index < -0.39 is 23.8 Å². The highest BCUT2D eigenvalue weighted by Crippen LogP contribution is 2.21. The Labute approximate surface area is 207 Å². The highest BCUT2D eigenvalue weighted by atomic mass is 17.2. The molecule has 6 nitrogen and oxygen atoms in total. The minimum absolute atomic E-state index is 0.189. The van der Waals surface area contributed by atoms with Crippen LogP contribution in [0.15, 0.2) is 0 Å². The van der Waals surface area contributed by atoms with Crippen LogP contribution in [0.25, 0.3) is 0 Å². The van der Waals surface area contributed by atoms with Crippen molar-refractivity contribution >= 4 is 23.5 Å². The van der Waals surface area contributed by atoms with Crippen LogP contribution in [0.3, 0.4) is 0 Å². The molecule has 0 fully saturated rings. The molecule has 0 aliphatic carbocycles. The number of ketones is 2. The van der Waals surface area contributed by atoms with Gasteiger partial charge in [-0.15, -0.1) is 0 Å². The van der Waals surface area contributed by atoms with Crippen molar-refractivity contribution in [3.63, 3.8) is 0 Å². The summed E-state index contributed by atoms with van der Waals surface area (Å²) in [6, 6.07) is 0. The molecule has 0 aliphatic rings.